The van der Waals surface area contributed by atoms with Crippen LogP contribution in [0.25, 0.3) is 0 Å². The molecule has 1 aromatic carbocycles. The Bertz CT molecular complexity index is 440. The number of carboxylic acids is 1. The summed E-state index contributed by atoms with van der Waals surface area (Å²) in [6.45, 7) is 0. The number of hydrogen-bond donors (Lipinski definition) is 2. The Hall–Kier alpha value is -1.68. The zero-order valence-electron chi connectivity index (χ0n) is 9.30. The standard InChI is InChI=1S/C13H14O4/c14-10-6-7-11(9-4-2-1-3-5-9)13(17,8-10)12(15)16/h1-5,11,17H,6-8H2,(H,15,16)/t11-,13-/m0/s1. The van der Waals surface area contributed by atoms with E-state index in [2.05, 4.69) is 0 Å². The van der Waals surface area contributed by atoms with Crippen LogP contribution in [0.2, 0.25) is 0 Å². The lowest BCUT2D eigenvalue weighted by molar-refractivity contribution is -0.167. The first-order valence-electron chi connectivity index (χ1n) is 5.56. The molecule has 2 N–H and O–H groups in total. The summed E-state index contributed by atoms with van der Waals surface area (Å²) in [5.41, 5.74) is -1.19. The van der Waals surface area contributed by atoms with E-state index in [9.17, 15) is 14.7 Å². The van der Waals surface area contributed by atoms with Gasteiger partial charge in [-0.15, -0.1) is 0 Å². The van der Waals surface area contributed by atoms with Crippen molar-refractivity contribution in [3.8, 4) is 0 Å². The number of rotatable bonds is 2. The van der Waals surface area contributed by atoms with Crippen molar-refractivity contribution in [3.63, 3.8) is 0 Å². The summed E-state index contributed by atoms with van der Waals surface area (Å²) in [6, 6.07) is 9.00. The van der Waals surface area contributed by atoms with Gasteiger partial charge in [0.15, 0.2) is 5.60 Å². The molecule has 1 aliphatic carbocycles. The van der Waals surface area contributed by atoms with Gasteiger partial charge in [-0.05, 0) is 12.0 Å². The molecule has 0 bridgehead atoms. The summed E-state index contributed by atoms with van der Waals surface area (Å²) in [6.07, 6.45) is 0.405. The lowest BCUT2D eigenvalue weighted by Crippen LogP contribution is -2.49. The molecule has 1 saturated carbocycles. The van der Waals surface area contributed by atoms with Gasteiger partial charge in [-0.1, -0.05) is 30.3 Å². The van der Waals surface area contributed by atoms with Gasteiger partial charge in [0, 0.05) is 18.8 Å². The van der Waals surface area contributed by atoms with Crippen molar-refractivity contribution < 1.29 is 19.8 Å². The maximum atomic E-state index is 11.3. The smallest absolute Gasteiger partial charge is 0.336 e. The lowest BCUT2D eigenvalue weighted by atomic mass is 9.71. The highest BCUT2D eigenvalue weighted by molar-refractivity contribution is 5.90. The lowest BCUT2D eigenvalue weighted by Gasteiger charge is -2.35. The van der Waals surface area contributed by atoms with Crippen molar-refractivity contribution in [1.82, 2.24) is 0 Å². The van der Waals surface area contributed by atoms with E-state index in [1.807, 2.05) is 6.07 Å². The average molecular weight is 234 g/mol. The molecular weight excluding hydrogens is 220 g/mol. The Morgan fingerprint density at radius 2 is 1.94 bits per heavy atom. The van der Waals surface area contributed by atoms with Gasteiger partial charge in [-0.2, -0.15) is 0 Å². The molecule has 2 atom stereocenters. The van der Waals surface area contributed by atoms with Gasteiger partial charge in [0.1, 0.15) is 5.78 Å². The zero-order chi connectivity index (χ0) is 12.5. The molecule has 0 amide bonds. The van der Waals surface area contributed by atoms with Crippen molar-refractivity contribution in [2.45, 2.75) is 30.8 Å². The predicted molar refractivity (Wildman–Crippen MR) is 60.6 cm³/mol. The van der Waals surface area contributed by atoms with Gasteiger partial charge in [0.25, 0.3) is 0 Å². The van der Waals surface area contributed by atoms with Gasteiger partial charge in [0.2, 0.25) is 0 Å². The molecule has 4 nitrogen and oxygen atoms in total. The summed E-state index contributed by atoms with van der Waals surface area (Å²) in [5, 5.41) is 19.4. The maximum absolute atomic E-state index is 11.3. The van der Waals surface area contributed by atoms with Gasteiger partial charge in [-0.25, -0.2) is 4.79 Å². The molecule has 90 valence electrons. The number of Topliss-reactive ketones (excluding diaryl/α,β-unsaturated/α-hetero) is 1. The number of aliphatic hydroxyl groups is 1. The minimum Gasteiger partial charge on any atom is -0.479 e. The number of ketones is 1. The molecule has 1 fully saturated rings. The third-order valence-corrected chi connectivity index (χ3v) is 3.33. The quantitative estimate of drug-likeness (QED) is 0.809. The number of aliphatic carboxylic acids is 1. The first-order valence-corrected chi connectivity index (χ1v) is 5.56. The first-order chi connectivity index (χ1) is 8.04. The van der Waals surface area contributed by atoms with E-state index in [1.165, 1.54) is 0 Å². The van der Waals surface area contributed by atoms with Crippen molar-refractivity contribution in [2.75, 3.05) is 0 Å². The fourth-order valence-corrected chi connectivity index (χ4v) is 2.41. The number of benzene rings is 1. The molecule has 1 aliphatic rings. The minimum atomic E-state index is -1.96. The van der Waals surface area contributed by atoms with Crippen LogP contribution < -0.4 is 0 Å². The molecule has 0 aromatic heterocycles. The van der Waals surface area contributed by atoms with E-state index in [0.29, 0.717) is 12.8 Å². The summed E-state index contributed by atoms with van der Waals surface area (Å²) in [4.78, 5) is 22.5. The fourth-order valence-electron chi connectivity index (χ4n) is 2.41. The van der Waals surface area contributed by atoms with Crippen LogP contribution >= 0.6 is 0 Å². The highest BCUT2D eigenvalue weighted by Gasteiger charge is 2.48. The summed E-state index contributed by atoms with van der Waals surface area (Å²) in [7, 11) is 0. The van der Waals surface area contributed by atoms with Crippen LogP contribution in [0.5, 0.6) is 0 Å². The van der Waals surface area contributed by atoms with E-state index < -0.39 is 17.5 Å². The monoisotopic (exact) mass is 234 g/mol. The summed E-state index contributed by atoms with van der Waals surface area (Å²) < 4.78 is 0. The van der Waals surface area contributed by atoms with Crippen LogP contribution in [-0.4, -0.2) is 27.6 Å². The van der Waals surface area contributed by atoms with E-state index in [4.69, 9.17) is 5.11 Å². The van der Waals surface area contributed by atoms with E-state index in [1.54, 1.807) is 24.3 Å². The molecule has 0 radical (unpaired) electrons. The fraction of sp³-hybridized carbons (Fsp3) is 0.385. The molecular formula is C13H14O4. The summed E-state index contributed by atoms with van der Waals surface area (Å²) >= 11 is 0. The average Bonchev–Trinajstić information content (AvgIpc) is 2.30. The van der Waals surface area contributed by atoms with Crippen LogP contribution in [0.4, 0.5) is 0 Å². The van der Waals surface area contributed by atoms with Crippen LogP contribution in [0.1, 0.15) is 30.7 Å². The normalized spacial score (nSPS) is 29.0. The molecule has 0 aliphatic heterocycles. The highest BCUT2D eigenvalue weighted by Crippen LogP contribution is 2.39. The largest absolute Gasteiger partial charge is 0.479 e. The molecule has 0 heterocycles. The predicted octanol–water partition coefficient (Wildman–Crippen LogP) is 1.34. The molecule has 0 spiro atoms. The molecule has 0 unspecified atom stereocenters. The van der Waals surface area contributed by atoms with Gasteiger partial charge in [-0.3, -0.25) is 4.79 Å². The maximum Gasteiger partial charge on any atom is 0.336 e. The number of hydrogen-bond acceptors (Lipinski definition) is 3. The van der Waals surface area contributed by atoms with Crippen LogP contribution in [0.15, 0.2) is 30.3 Å². The van der Waals surface area contributed by atoms with Crippen LogP contribution in [0.3, 0.4) is 0 Å². The highest BCUT2D eigenvalue weighted by atomic mass is 16.4. The Labute approximate surface area is 98.9 Å². The van der Waals surface area contributed by atoms with Crippen molar-refractivity contribution >= 4 is 11.8 Å². The van der Waals surface area contributed by atoms with Crippen LogP contribution in [-0.2, 0) is 9.59 Å². The van der Waals surface area contributed by atoms with Crippen LogP contribution in [0, 0.1) is 0 Å². The van der Waals surface area contributed by atoms with Gasteiger partial charge < -0.3 is 10.2 Å². The SMILES string of the molecule is O=C1CC[C@@H](c2ccccc2)[C@](O)(C(=O)O)C1. The minimum absolute atomic E-state index is 0.193. The third kappa shape index (κ3) is 2.08. The molecule has 4 heteroatoms. The van der Waals surface area contributed by atoms with Crippen molar-refractivity contribution in [3.05, 3.63) is 35.9 Å². The Morgan fingerprint density at radius 1 is 1.29 bits per heavy atom. The second kappa shape index (κ2) is 4.30. The molecule has 1 aromatic rings. The van der Waals surface area contributed by atoms with E-state index in [0.717, 1.165) is 5.56 Å². The van der Waals surface area contributed by atoms with Crippen molar-refractivity contribution in [1.29, 1.82) is 0 Å². The second-order valence-electron chi connectivity index (χ2n) is 4.45. The summed E-state index contributed by atoms with van der Waals surface area (Å²) in [5.74, 6) is -2.03. The first kappa shape index (κ1) is 11.8. The Morgan fingerprint density at radius 3 is 2.53 bits per heavy atom. The van der Waals surface area contributed by atoms with E-state index in [-0.39, 0.29) is 12.2 Å². The van der Waals surface area contributed by atoms with E-state index >= 15 is 0 Å². The second-order valence-corrected chi connectivity index (χ2v) is 4.45. The Kier molecular flexibility index (Phi) is 2.98. The number of carbonyl (C=O) groups excluding carboxylic acids is 1. The molecule has 0 saturated heterocycles. The van der Waals surface area contributed by atoms with Gasteiger partial charge >= 0.3 is 5.97 Å². The number of carbonyl (C=O) groups is 2. The zero-order valence-corrected chi connectivity index (χ0v) is 9.30. The van der Waals surface area contributed by atoms with Gasteiger partial charge in [0.05, 0.1) is 0 Å². The third-order valence-electron chi connectivity index (χ3n) is 3.33. The Balaban J connectivity index is 2.38. The molecule has 2 rings (SSSR count). The number of carboxylic acid groups (broad SMARTS) is 1. The van der Waals surface area contributed by atoms with Crippen molar-refractivity contribution in [2.24, 2.45) is 0 Å². The topological polar surface area (TPSA) is 74.6 Å². The molecule has 17 heavy (non-hydrogen) atoms.